The molecule has 0 amide bonds. The van der Waals surface area contributed by atoms with Crippen LogP contribution >= 0.6 is 11.3 Å². The number of nitrogens with zero attached hydrogens (tertiary/aromatic N) is 4. The third kappa shape index (κ3) is 1.22. The maximum Gasteiger partial charge on any atom is 0.167 e. The molecule has 2 heterocycles. The van der Waals surface area contributed by atoms with Crippen LogP contribution in [0, 0.1) is 6.20 Å². The summed E-state index contributed by atoms with van der Waals surface area (Å²) < 4.78 is 0. The second-order valence-corrected chi connectivity index (χ2v) is 2.61. The Morgan fingerprint density at radius 2 is 2.45 bits per heavy atom. The SMILES string of the molecule is [c]1cncc(-c2nncs2)n1. The zero-order chi connectivity index (χ0) is 7.52. The molecule has 2 aromatic rings. The summed E-state index contributed by atoms with van der Waals surface area (Å²) in [7, 11) is 0. The van der Waals surface area contributed by atoms with Gasteiger partial charge in [-0.05, 0) is 0 Å². The van der Waals surface area contributed by atoms with Gasteiger partial charge in [0.05, 0.1) is 12.4 Å². The maximum atomic E-state index is 3.94. The quantitative estimate of drug-likeness (QED) is 0.623. The van der Waals surface area contributed by atoms with E-state index in [1.54, 1.807) is 11.7 Å². The van der Waals surface area contributed by atoms with Gasteiger partial charge in [0.1, 0.15) is 17.4 Å². The van der Waals surface area contributed by atoms with Gasteiger partial charge in [-0.3, -0.25) is 4.98 Å². The first-order valence-corrected chi connectivity index (χ1v) is 3.79. The van der Waals surface area contributed by atoms with Crippen molar-refractivity contribution in [2.45, 2.75) is 0 Å². The Morgan fingerprint density at radius 1 is 1.45 bits per heavy atom. The molecular formula is C6H3N4S. The summed E-state index contributed by atoms with van der Waals surface area (Å²) in [6, 6.07) is 0. The molecule has 0 spiro atoms. The van der Waals surface area contributed by atoms with E-state index in [0.29, 0.717) is 0 Å². The molecule has 2 aromatic heterocycles. The molecule has 0 saturated heterocycles. The second kappa shape index (κ2) is 2.71. The fraction of sp³-hybridized carbons (Fsp3) is 0. The van der Waals surface area contributed by atoms with Crippen LogP contribution in [0.15, 0.2) is 17.9 Å². The molecule has 0 aromatic carbocycles. The average molecular weight is 163 g/mol. The normalized spacial score (nSPS) is 9.82. The van der Waals surface area contributed by atoms with Gasteiger partial charge >= 0.3 is 0 Å². The van der Waals surface area contributed by atoms with E-state index in [1.807, 2.05) is 0 Å². The van der Waals surface area contributed by atoms with Crippen LogP contribution in [0.2, 0.25) is 0 Å². The van der Waals surface area contributed by atoms with Crippen molar-refractivity contribution in [1.82, 2.24) is 20.2 Å². The van der Waals surface area contributed by atoms with Crippen LogP contribution in [0.3, 0.4) is 0 Å². The Morgan fingerprint density at radius 3 is 3.09 bits per heavy atom. The first-order chi connectivity index (χ1) is 5.47. The summed E-state index contributed by atoms with van der Waals surface area (Å²) >= 11 is 1.43. The van der Waals surface area contributed by atoms with E-state index in [-0.39, 0.29) is 0 Å². The van der Waals surface area contributed by atoms with E-state index >= 15 is 0 Å². The Bertz CT molecular complexity index is 318. The topological polar surface area (TPSA) is 51.6 Å². The van der Waals surface area contributed by atoms with Crippen molar-refractivity contribution < 1.29 is 0 Å². The highest BCUT2D eigenvalue weighted by molar-refractivity contribution is 7.12. The highest BCUT2D eigenvalue weighted by atomic mass is 32.1. The monoisotopic (exact) mass is 163 g/mol. The van der Waals surface area contributed by atoms with Gasteiger partial charge in [0, 0.05) is 0 Å². The third-order valence-corrected chi connectivity index (χ3v) is 1.81. The first-order valence-electron chi connectivity index (χ1n) is 2.91. The largest absolute Gasteiger partial charge is 0.260 e. The minimum Gasteiger partial charge on any atom is -0.260 e. The number of aromatic nitrogens is 4. The molecule has 0 fully saturated rings. The summed E-state index contributed by atoms with van der Waals surface area (Å²) in [6.07, 6.45) is 5.77. The van der Waals surface area contributed by atoms with Crippen molar-refractivity contribution in [3.8, 4) is 10.7 Å². The fourth-order valence-corrected chi connectivity index (χ4v) is 1.16. The predicted octanol–water partition coefficient (Wildman–Crippen LogP) is 0.795. The van der Waals surface area contributed by atoms with Crippen molar-refractivity contribution in [3.63, 3.8) is 0 Å². The van der Waals surface area contributed by atoms with Gasteiger partial charge in [0.2, 0.25) is 0 Å². The van der Waals surface area contributed by atoms with Gasteiger partial charge in [-0.15, -0.1) is 10.2 Å². The highest BCUT2D eigenvalue weighted by Gasteiger charge is 2.00. The zero-order valence-electron chi connectivity index (χ0n) is 5.43. The molecule has 1 radical (unpaired) electrons. The summed E-state index contributed by atoms with van der Waals surface area (Å²) in [5.41, 5.74) is 2.37. The van der Waals surface area contributed by atoms with Crippen molar-refractivity contribution in [3.05, 3.63) is 24.1 Å². The zero-order valence-corrected chi connectivity index (χ0v) is 6.25. The summed E-state index contributed by atoms with van der Waals surface area (Å²) in [6.45, 7) is 0. The van der Waals surface area contributed by atoms with Crippen LogP contribution in [0.25, 0.3) is 10.7 Å². The molecule has 5 heteroatoms. The summed E-state index contributed by atoms with van der Waals surface area (Å²) in [5, 5.41) is 8.29. The Hall–Kier alpha value is -1.36. The van der Waals surface area contributed by atoms with Crippen molar-refractivity contribution in [2.24, 2.45) is 0 Å². The first kappa shape index (κ1) is 6.36. The molecule has 0 aliphatic rings. The predicted molar refractivity (Wildman–Crippen MR) is 39.8 cm³/mol. The molecule has 0 aliphatic heterocycles. The molecule has 53 valence electrons. The van der Waals surface area contributed by atoms with E-state index in [4.69, 9.17) is 0 Å². The fourth-order valence-electron chi connectivity index (χ4n) is 0.656. The minimum atomic E-state index is 0.718. The lowest BCUT2D eigenvalue weighted by atomic mass is 10.5. The molecule has 0 bridgehead atoms. The molecule has 0 saturated carbocycles. The van der Waals surface area contributed by atoms with Crippen molar-refractivity contribution in [2.75, 3.05) is 0 Å². The molecular weight excluding hydrogens is 160 g/mol. The Balaban J connectivity index is 2.46. The van der Waals surface area contributed by atoms with Gasteiger partial charge in [-0.2, -0.15) is 0 Å². The Labute approximate surface area is 67.0 Å². The van der Waals surface area contributed by atoms with Gasteiger partial charge in [0.15, 0.2) is 5.01 Å². The van der Waals surface area contributed by atoms with E-state index in [9.17, 15) is 0 Å². The Kier molecular flexibility index (Phi) is 1.57. The van der Waals surface area contributed by atoms with Crippen LogP contribution in [0.4, 0.5) is 0 Å². The van der Waals surface area contributed by atoms with Crippen LogP contribution < -0.4 is 0 Å². The van der Waals surface area contributed by atoms with Crippen LogP contribution in [-0.2, 0) is 0 Å². The van der Waals surface area contributed by atoms with E-state index in [1.165, 1.54) is 17.5 Å². The smallest absolute Gasteiger partial charge is 0.167 e. The van der Waals surface area contributed by atoms with Gasteiger partial charge < -0.3 is 0 Å². The number of hydrogen-bond acceptors (Lipinski definition) is 5. The summed E-state index contributed by atoms with van der Waals surface area (Å²) in [4.78, 5) is 7.80. The highest BCUT2D eigenvalue weighted by Crippen LogP contribution is 2.15. The van der Waals surface area contributed by atoms with Gasteiger partial charge in [-0.25, -0.2) is 4.98 Å². The van der Waals surface area contributed by atoms with E-state index in [2.05, 4.69) is 26.4 Å². The van der Waals surface area contributed by atoms with Gasteiger partial charge in [0.25, 0.3) is 0 Å². The third-order valence-electron chi connectivity index (χ3n) is 1.09. The molecule has 0 aliphatic carbocycles. The minimum absolute atomic E-state index is 0.718. The van der Waals surface area contributed by atoms with Crippen LogP contribution in [-0.4, -0.2) is 20.2 Å². The van der Waals surface area contributed by atoms with Crippen LogP contribution in [0.5, 0.6) is 0 Å². The molecule has 11 heavy (non-hydrogen) atoms. The van der Waals surface area contributed by atoms with E-state index in [0.717, 1.165) is 10.7 Å². The maximum absolute atomic E-state index is 3.94. The average Bonchev–Trinajstić information content (AvgIpc) is 2.58. The lowest BCUT2D eigenvalue weighted by Crippen LogP contribution is -1.82. The molecule has 2 rings (SSSR count). The molecule has 4 nitrogen and oxygen atoms in total. The van der Waals surface area contributed by atoms with Crippen molar-refractivity contribution in [1.29, 1.82) is 0 Å². The lowest BCUT2D eigenvalue weighted by Gasteiger charge is -1.88. The van der Waals surface area contributed by atoms with Crippen LogP contribution in [0.1, 0.15) is 0 Å². The molecule has 0 N–H and O–H groups in total. The molecule has 0 atom stereocenters. The standard InChI is InChI=1S/C6H3N4S/c1-2-8-5(3-7-1)6-10-9-4-11-6/h1,3-4H. The number of hydrogen-bond donors (Lipinski definition) is 0. The lowest BCUT2D eigenvalue weighted by molar-refractivity contribution is 1.08. The van der Waals surface area contributed by atoms with Crippen molar-refractivity contribution >= 4 is 11.3 Å². The van der Waals surface area contributed by atoms with E-state index < -0.39 is 0 Å². The second-order valence-electron chi connectivity index (χ2n) is 1.78. The number of rotatable bonds is 1. The van der Waals surface area contributed by atoms with Gasteiger partial charge in [-0.1, -0.05) is 11.3 Å². The molecule has 0 unspecified atom stereocenters. The summed E-state index contributed by atoms with van der Waals surface area (Å²) in [5.74, 6) is 0.